The van der Waals surface area contributed by atoms with Crippen molar-refractivity contribution in [1.82, 2.24) is 10.6 Å². The van der Waals surface area contributed by atoms with Crippen LogP contribution in [0.4, 0.5) is 0 Å². The van der Waals surface area contributed by atoms with Gasteiger partial charge in [-0.15, -0.1) is 24.0 Å². The minimum absolute atomic E-state index is 0. The number of aliphatic imine (C=N–C) groups is 1. The number of rotatable bonds is 5. The molecule has 3 N–H and O–H groups in total. The van der Waals surface area contributed by atoms with Gasteiger partial charge in [0.15, 0.2) is 5.96 Å². The molecule has 0 spiro atoms. The molecule has 0 aliphatic carbocycles. The highest BCUT2D eigenvalue weighted by Gasteiger charge is 2.27. The Morgan fingerprint density at radius 2 is 2.23 bits per heavy atom. The van der Waals surface area contributed by atoms with Crippen molar-refractivity contribution in [2.45, 2.75) is 38.4 Å². The van der Waals surface area contributed by atoms with Crippen LogP contribution in [0.15, 0.2) is 21.5 Å². The van der Waals surface area contributed by atoms with E-state index < -0.39 is 5.60 Å². The minimum atomic E-state index is -1.09. The maximum Gasteiger partial charge on any atom is 0.191 e. The molecule has 1 aliphatic rings. The summed E-state index contributed by atoms with van der Waals surface area (Å²) in [7, 11) is 1.70. The zero-order valence-electron chi connectivity index (χ0n) is 13.4. The quantitative estimate of drug-likeness (QED) is 0.382. The molecule has 0 radical (unpaired) electrons. The summed E-state index contributed by atoms with van der Waals surface area (Å²) in [6.45, 7) is 5.44. The normalized spacial score (nSPS) is 21.1. The summed E-state index contributed by atoms with van der Waals surface area (Å²) in [5.74, 6) is 1.97. The summed E-state index contributed by atoms with van der Waals surface area (Å²) in [5, 5.41) is 16.8. The number of guanidine groups is 1. The Balaban J connectivity index is 0.00000242. The first-order valence-electron chi connectivity index (χ1n) is 7.36. The molecule has 1 fully saturated rings. The van der Waals surface area contributed by atoms with Gasteiger partial charge < -0.3 is 24.9 Å². The van der Waals surface area contributed by atoms with Crippen molar-refractivity contribution in [2.75, 3.05) is 26.7 Å². The Kier molecular flexibility index (Phi) is 7.64. The van der Waals surface area contributed by atoms with E-state index >= 15 is 0 Å². The van der Waals surface area contributed by atoms with E-state index in [0.29, 0.717) is 18.3 Å². The second-order valence-electron chi connectivity index (χ2n) is 5.63. The standard InChI is InChI=1S/C15H25N3O3.HI/c1-11-6-7-13(21-11)15(2,19)10-18-14(16-3)17-9-12-5-4-8-20-12;/h6-7,12,19H,4-5,8-10H2,1-3H3,(H2,16,17,18);1H. The summed E-state index contributed by atoms with van der Waals surface area (Å²) in [4.78, 5) is 4.15. The maximum absolute atomic E-state index is 10.5. The molecule has 0 saturated carbocycles. The van der Waals surface area contributed by atoms with Crippen LogP contribution in [0.2, 0.25) is 0 Å². The van der Waals surface area contributed by atoms with Crippen LogP contribution < -0.4 is 10.6 Å². The Hall–Kier alpha value is -0.800. The van der Waals surface area contributed by atoms with Crippen LogP contribution in [0.25, 0.3) is 0 Å². The third-order valence-electron chi connectivity index (χ3n) is 3.62. The van der Waals surface area contributed by atoms with Crippen molar-refractivity contribution >= 4 is 29.9 Å². The average Bonchev–Trinajstić information content (AvgIpc) is 3.10. The Morgan fingerprint density at radius 1 is 1.45 bits per heavy atom. The molecule has 2 atom stereocenters. The van der Waals surface area contributed by atoms with Crippen molar-refractivity contribution in [3.05, 3.63) is 23.7 Å². The summed E-state index contributed by atoms with van der Waals surface area (Å²) in [6.07, 6.45) is 2.44. The van der Waals surface area contributed by atoms with Crippen LogP contribution in [-0.2, 0) is 10.3 Å². The fraction of sp³-hybridized carbons (Fsp3) is 0.667. The lowest BCUT2D eigenvalue weighted by Crippen LogP contribution is -2.46. The first kappa shape index (κ1) is 19.2. The van der Waals surface area contributed by atoms with Gasteiger partial charge in [-0.1, -0.05) is 0 Å². The van der Waals surface area contributed by atoms with Gasteiger partial charge in [-0.2, -0.15) is 0 Å². The monoisotopic (exact) mass is 423 g/mol. The Morgan fingerprint density at radius 3 is 2.77 bits per heavy atom. The second kappa shape index (κ2) is 8.73. The van der Waals surface area contributed by atoms with E-state index in [2.05, 4.69) is 15.6 Å². The smallest absolute Gasteiger partial charge is 0.191 e. The summed E-state index contributed by atoms with van der Waals surface area (Å²) >= 11 is 0. The van der Waals surface area contributed by atoms with Gasteiger partial charge in [-0.05, 0) is 38.8 Å². The second-order valence-corrected chi connectivity index (χ2v) is 5.63. The van der Waals surface area contributed by atoms with Crippen LogP contribution in [0.1, 0.15) is 31.3 Å². The molecule has 2 unspecified atom stereocenters. The number of ether oxygens (including phenoxy) is 1. The summed E-state index contributed by atoms with van der Waals surface area (Å²) in [6, 6.07) is 3.63. The lowest BCUT2D eigenvalue weighted by Gasteiger charge is -2.23. The lowest BCUT2D eigenvalue weighted by molar-refractivity contribution is 0.0377. The molecule has 1 aromatic rings. The molecule has 1 aliphatic heterocycles. The van der Waals surface area contributed by atoms with Crippen LogP contribution in [0, 0.1) is 6.92 Å². The number of nitrogens with zero attached hydrogens (tertiary/aromatic N) is 1. The zero-order valence-corrected chi connectivity index (χ0v) is 15.7. The van der Waals surface area contributed by atoms with Crippen molar-refractivity contribution in [1.29, 1.82) is 0 Å². The molecular formula is C15H26IN3O3. The van der Waals surface area contributed by atoms with Gasteiger partial charge in [0.05, 0.1) is 12.6 Å². The average molecular weight is 423 g/mol. The first-order valence-corrected chi connectivity index (χ1v) is 7.36. The van der Waals surface area contributed by atoms with E-state index in [9.17, 15) is 5.11 Å². The first-order chi connectivity index (χ1) is 10.0. The zero-order chi connectivity index (χ0) is 15.3. The third kappa shape index (κ3) is 5.44. The molecule has 126 valence electrons. The highest BCUT2D eigenvalue weighted by atomic mass is 127. The molecule has 0 bridgehead atoms. The largest absolute Gasteiger partial charge is 0.463 e. The molecule has 2 rings (SSSR count). The Bertz CT molecular complexity index is 482. The van der Waals surface area contributed by atoms with E-state index in [1.807, 2.05) is 13.0 Å². The van der Waals surface area contributed by atoms with E-state index in [-0.39, 0.29) is 30.1 Å². The summed E-state index contributed by atoms with van der Waals surface area (Å²) < 4.78 is 11.0. The molecule has 1 aromatic heterocycles. The molecule has 7 heteroatoms. The number of aryl methyl sites for hydroxylation is 1. The third-order valence-corrected chi connectivity index (χ3v) is 3.62. The predicted octanol–water partition coefficient (Wildman–Crippen LogP) is 1.76. The molecule has 1 saturated heterocycles. The van der Waals surface area contributed by atoms with E-state index in [1.54, 1.807) is 20.0 Å². The minimum Gasteiger partial charge on any atom is -0.463 e. The van der Waals surface area contributed by atoms with E-state index in [1.165, 1.54) is 0 Å². The van der Waals surface area contributed by atoms with Gasteiger partial charge in [-0.3, -0.25) is 4.99 Å². The van der Waals surface area contributed by atoms with Crippen LogP contribution in [0.5, 0.6) is 0 Å². The number of hydrogen-bond acceptors (Lipinski definition) is 4. The topological polar surface area (TPSA) is 79.0 Å². The van der Waals surface area contributed by atoms with Gasteiger partial charge >= 0.3 is 0 Å². The van der Waals surface area contributed by atoms with E-state index in [4.69, 9.17) is 9.15 Å². The van der Waals surface area contributed by atoms with Gasteiger partial charge in [-0.25, -0.2) is 0 Å². The fourth-order valence-electron chi connectivity index (χ4n) is 2.30. The predicted molar refractivity (Wildman–Crippen MR) is 96.8 cm³/mol. The molecule has 0 amide bonds. The molecular weight excluding hydrogens is 397 g/mol. The number of furan rings is 1. The SMILES string of the molecule is CN=C(NCC1CCCO1)NCC(C)(O)c1ccc(C)o1.I. The molecule has 22 heavy (non-hydrogen) atoms. The lowest BCUT2D eigenvalue weighted by atomic mass is 10.0. The van der Waals surface area contributed by atoms with Gasteiger partial charge in [0.2, 0.25) is 0 Å². The fourth-order valence-corrected chi connectivity index (χ4v) is 2.30. The number of nitrogens with one attached hydrogen (secondary N) is 2. The Labute approximate surface area is 148 Å². The molecule has 0 aromatic carbocycles. The van der Waals surface area contributed by atoms with Crippen LogP contribution in [0.3, 0.4) is 0 Å². The number of aliphatic hydroxyl groups is 1. The molecule has 2 heterocycles. The van der Waals surface area contributed by atoms with Gasteiger partial charge in [0.25, 0.3) is 0 Å². The van der Waals surface area contributed by atoms with E-state index in [0.717, 1.165) is 31.8 Å². The van der Waals surface area contributed by atoms with Crippen LogP contribution >= 0.6 is 24.0 Å². The van der Waals surface area contributed by atoms with Crippen molar-refractivity contribution in [3.8, 4) is 0 Å². The maximum atomic E-state index is 10.5. The number of halogens is 1. The highest BCUT2D eigenvalue weighted by molar-refractivity contribution is 14.0. The van der Waals surface area contributed by atoms with Gasteiger partial charge in [0, 0.05) is 20.2 Å². The molecule has 6 nitrogen and oxygen atoms in total. The van der Waals surface area contributed by atoms with Crippen molar-refractivity contribution in [3.63, 3.8) is 0 Å². The van der Waals surface area contributed by atoms with Crippen LogP contribution in [-0.4, -0.2) is 43.9 Å². The number of hydrogen-bond donors (Lipinski definition) is 3. The van der Waals surface area contributed by atoms with Gasteiger partial charge in [0.1, 0.15) is 17.1 Å². The highest BCUT2D eigenvalue weighted by Crippen LogP contribution is 2.21. The summed E-state index contributed by atoms with van der Waals surface area (Å²) in [5.41, 5.74) is -1.09. The van der Waals surface area contributed by atoms with Crippen molar-refractivity contribution in [2.24, 2.45) is 4.99 Å². The van der Waals surface area contributed by atoms with Crippen molar-refractivity contribution < 1.29 is 14.3 Å².